The summed E-state index contributed by atoms with van der Waals surface area (Å²) in [6.45, 7) is 0. The fourth-order valence-corrected chi connectivity index (χ4v) is 4.13. The molecule has 26 heavy (non-hydrogen) atoms. The molecule has 0 saturated heterocycles. The van der Waals surface area contributed by atoms with Gasteiger partial charge in [-0.3, -0.25) is 0 Å². The number of thioether (sulfide) groups is 1. The Balaban J connectivity index is 1.76. The van der Waals surface area contributed by atoms with E-state index >= 15 is 0 Å². The standard InChI is InChI=1S/C17H14ClN3O3S2/c1-24-13-7-6-12(8-19-13)20-15-14(17(22)23)16(21-26-15)25-9-10-2-4-11(18)5-3-10/h2-8,20H,9H2,1H3,(H,22,23). The Morgan fingerprint density at radius 3 is 2.69 bits per heavy atom. The van der Waals surface area contributed by atoms with Gasteiger partial charge in [-0.1, -0.05) is 35.5 Å². The minimum absolute atomic E-state index is 0.157. The van der Waals surface area contributed by atoms with Gasteiger partial charge in [0.25, 0.3) is 0 Å². The zero-order chi connectivity index (χ0) is 18.5. The van der Waals surface area contributed by atoms with Gasteiger partial charge in [0, 0.05) is 16.8 Å². The van der Waals surface area contributed by atoms with Gasteiger partial charge in [0.1, 0.15) is 15.6 Å². The minimum atomic E-state index is -1.03. The lowest BCUT2D eigenvalue weighted by Gasteiger charge is -2.06. The maximum absolute atomic E-state index is 11.7. The quantitative estimate of drug-likeness (QED) is 0.537. The molecule has 0 unspecified atom stereocenters. The molecular formula is C17H14ClN3O3S2. The van der Waals surface area contributed by atoms with Gasteiger partial charge in [0.2, 0.25) is 5.88 Å². The maximum Gasteiger partial charge on any atom is 0.341 e. The Labute approximate surface area is 163 Å². The molecule has 0 aliphatic carbocycles. The molecule has 0 aliphatic heterocycles. The van der Waals surface area contributed by atoms with E-state index < -0.39 is 5.97 Å². The van der Waals surface area contributed by atoms with Gasteiger partial charge in [0.05, 0.1) is 19.0 Å². The maximum atomic E-state index is 11.7. The van der Waals surface area contributed by atoms with Gasteiger partial charge in [-0.25, -0.2) is 9.78 Å². The molecule has 3 aromatic rings. The summed E-state index contributed by atoms with van der Waals surface area (Å²) in [6, 6.07) is 10.9. The van der Waals surface area contributed by atoms with Crippen LogP contribution in [0.1, 0.15) is 15.9 Å². The molecule has 0 radical (unpaired) electrons. The average Bonchev–Trinajstić information content (AvgIpc) is 3.04. The molecule has 1 aromatic carbocycles. The van der Waals surface area contributed by atoms with Crippen molar-refractivity contribution in [3.63, 3.8) is 0 Å². The zero-order valence-corrected chi connectivity index (χ0v) is 16.0. The first kappa shape index (κ1) is 18.5. The van der Waals surface area contributed by atoms with E-state index in [4.69, 9.17) is 16.3 Å². The SMILES string of the molecule is COc1ccc(Nc2snc(SCc3ccc(Cl)cc3)c2C(=O)O)cn1. The Morgan fingerprint density at radius 2 is 2.08 bits per heavy atom. The Hall–Kier alpha value is -2.29. The lowest BCUT2D eigenvalue weighted by molar-refractivity contribution is 0.0694. The number of hydrogen-bond acceptors (Lipinski definition) is 7. The fourth-order valence-electron chi connectivity index (χ4n) is 2.09. The summed E-state index contributed by atoms with van der Waals surface area (Å²) in [6.07, 6.45) is 1.57. The van der Waals surface area contributed by atoms with Crippen LogP contribution in [0.25, 0.3) is 0 Å². The minimum Gasteiger partial charge on any atom is -0.481 e. The summed E-state index contributed by atoms with van der Waals surface area (Å²) in [5, 5.41) is 14.2. The topological polar surface area (TPSA) is 84.3 Å². The molecule has 0 atom stereocenters. The number of nitrogens with one attached hydrogen (secondary N) is 1. The molecule has 0 spiro atoms. The number of anilines is 2. The van der Waals surface area contributed by atoms with Crippen LogP contribution in [0.4, 0.5) is 10.7 Å². The molecule has 2 heterocycles. The second-order valence-electron chi connectivity index (χ2n) is 5.13. The van der Waals surface area contributed by atoms with Gasteiger partial charge in [-0.2, -0.15) is 4.37 Å². The second-order valence-corrected chi connectivity index (χ2v) is 7.30. The van der Waals surface area contributed by atoms with Crippen LogP contribution < -0.4 is 10.1 Å². The summed E-state index contributed by atoms with van der Waals surface area (Å²) < 4.78 is 9.30. The predicted molar refractivity (Wildman–Crippen MR) is 104 cm³/mol. The van der Waals surface area contributed by atoms with Gasteiger partial charge in [-0.05, 0) is 35.3 Å². The van der Waals surface area contributed by atoms with Crippen LogP contribution in [0, 0.1) is 0 Å². The molecule has 0 aliphatic rings. The largest absolute Gasteiger partial charge is 0.481 e. The molecule has 6 nitrogen and oxygen atoms in total. The second kappa shape index (κ2) is 8.39. The van der Waals surface area contributed by atoms with Crippen molar-refractivity contribution in [2.24, 2.45) is 0 Å². The molecule has 0 amide bonds. The lowest BCUT2D eigenvalue weighted by Crippen LogP contribution is -2.01. The molecule has 0 saturated carbocycles. The van der Waals surface area contributed by atoms with E-state index in [-0.39, 0.29) is 5.56 Å². The summed E-state index contributed by atoms with van der Waals surface area (Å²) >= 11 is 8.35. The van der Waals surface area contributed by atoms with E-state index in [1.54, 1.807) is 30.5 Å². The highest BCUT2D eigenvalue weighted by atomic mass is 35.5. The van der Waals surface area contributed by atoms with Crippen LogP contribution in [0.2, 0.25) is 5.02 Å². The van der Waals surface area contributed by atoms with Crippen LogP contribution >= 0.6 is 34.9 Å². The van der Waals surface area contributed by atoms with Crippen molar-refractivity contribution >= 4 is 51.6 Å². The number of rotatable bonds is 7. The summed E-state index contributed by atoms with van der Waals surface area (Å²) in [7, 11) is 1.53. The number of nitrogens with zero attached hydrogens (tertiary/aromatic N) is 2. The predicted octanol–water partition coefficient (Wildman–Crippen LogP) is 4.93. The highest BCUT2D eigenvalue weighted by Crippen LogP contribution is 2.35. The first-order chi connectivity index (χ1) is 12.6. The first-order valence-electron chi connectivity index (χ1n) is 7.44. The van der Waals surface area contributed by atoms with E-state index in [0.29, 0.717) is 32.4 Å². The number of pyridine rings is 1. The van der Waals surface area contributed by atoms with Crippen LogP contribution in [0.5, 0.6) is 5.88 Å². The first-order valence-corrected chi connectivity index (χ1v) is 9.58. The lowest BCUT2D eigenvalue weighted by atomic mass is 10.2. The van der Waals surface area contributed by atoms with Gasteiger partial charge in [-0.15, -0.1) is 0 Å². The van der Waals surface area contributed by atoms with E-state index in [9.17, 15) is 9.90 Å². The third-order valence-corrected chi connectivity index (χ3v) is 5.54. The molecule has 0 bridgehead atoms. The number of carbonyl (C=O) groups is 1. The van der Waals surface area contributed by atoms with E-state index in [1.807, 2.05) is 12.1 Å². The molecule has 3 rings (SSSR count). The van der Waals surface area contributed by atoms with E-state index in [0.717, 1.165) is 17.1 Å². The third kappa shape index (κ3) is 4.46. The Morgan fingerprint density at radius 1 is 1.31 bits per heavy atom. The smallest absolute Gasteiger partial charge is 0.341 e. The number of aromatic carboxylic acids is 1. The number of methoxy groups -OCH3 is 1. The molecule has 2 N–H and O–H groups in total. The van der Waals surface area contributed by atoms with Crippen molar-refractivity contribution in [1.82, 2.24) is 9.36 Å². The van der Waals surface area contributed by atoms with Gasteiger partial charge < -0.3 is 15.2 Å². The Bertz CT molecular complexity index is 899. The molecular weight excluding hydrogens is 394 g/mol. The fraction of sp³-hybridized carbons (Fsp3) is 0.118. The number of benzene rings is 1. The van der Waals surface area contributed by atoms with Gasteiger partial charge >= 0.3 is 5.97 Å². The number of carboxylic acid groups (broad SMARTS) is 1. The monoisotopic (exact) mass is 407 g/mol. The number of aromatic nitrogens is 2. The highest BCUT2D eigenvalue weighted by Gasteiger charge is 2.21. The third-order valence-electron chi connectivity index (χ3n) is 3.37. The molecule has 0 fully saturated rings. The van der Waals surface area contributed by atoms with Crippen molar-refractivity contribution in [2.45, 2.75) is 10.8 Å². The summed E-state index contributed by atoms with van der Waals surface area (Å²) in [5.74, 6) is 0.0592. The number of hydrogen-bond donors (Lipinski definition) is 2. The number of halogens is 1. The van der Waals surface area contributed by atoms with Crippen molar-refractivity contribution in [3.05, 3.63) is 58.7 Å². The highest BCUT2D eigenvalue weighted by molar-refractivity contribution is 7.98. The van der Waals surface area contributed by atoms with Crippen LogP contribution in [-0.2, 0) is 5.75 Å². The van der Waals surface area contributed by atoms with Gasteiger partial charge in [0.15, 0.2) is 0 Å². The van der Waals surface area contributed by atoms with E-state index in [2.05, 4.69) is 14.7 Å². The van der Waals surface area contributed by atoms with Crippen molar-refractivity contribution in [2.75, 3.05) is 12.4 Å². The number of carboxylic acids is 1. The van der Waals surface area contributed by atoms with Crippen LogP contribution in [-0.4, -0.2) is 27.5 Å². The van der Waals surface area contributed by atoms with Crippen molar-refractivity contribution in [1.29, 1.82) is 0 Å². The molecule has 2 aromatic heterocycles. The molecule has 9 heteroatoms. The molecule has 134 valence electrons. The summed E-state index contributed by atoms with van der Waals surface area (Å²) in [4.78, 5) is 15.8. The normalized spacial score (nSPS) is 10.5. The number of ether oxygens (including phenoxy) is 1. The summed E-state index contributed by atoms with van der Waals surface area (Å²) in [5.41, 5.74) is 1.86. The average molecular weight is 408 g/mol. The van der Waals surface area contributed by atoms with Crippen LogP contribution in [0.3, 0.4) is 0 Å². The van der Waals surface area contributed by atoms with Crippen LogP contribution in [0.15, 0.2) is 47.6 Å². The van der Waals surface area contributed by atoms with Crippen molar-refractivity contribution in [3.8, 4) is 5.88 Å². The zero-order valence-electron chi connectivity index (χ0n) is 13.6. The Kier molecular flexibility index (Phi) is 5.97. The van der Waals surface area contributed by atoms with E-state index in [1.165, 1.54) is 18.9 Å². The van der Waals surface area contributed by atoms with Crippen molar-refractivity contribution < 1.29 is 14.6 Å².